The first kappa shape index (κ1) is 14.2. The first-order valence-corrected chi connectivity index (χ1v) is 6.00. The summed E-state index contributed by atoms with van der Waals surface area (Å²) in [5.41, 5.74) is 3.66. The molecular weight excluding hydrogens is 261 g/mol. The van der Waals surface area contributed by atoms with Crippen molar-refractivity contribution < 1.29 is 18.8 Å². The highest BCUT2D eigenvalue weighted by Gasteiger charge is 2.05. The molecule has 0 unspecified atom stereocenters. The van der Waals surface area contributed by atoms with Gasteiger partial charge in [0.25, 0.3) is 0 Å². The van der Waals surface area contributed by atoms with Crippen molar-refractivity contribution in [3.05, 3.63) is 66.0 Å². The SMILES string of the molecule is O=C(CONCc1cc[c]cc1)Oc1ccc(F)cc1. The number of carbonyl (C=O) groups is 1. The van der Waals surface area contributed by atoms with Crippen LogP contribution in [0.2, 0.25) is 0 Å². The predicted octanol–water partition coefficient (Wildman–Crippen LogP) is 2.25. The lowest BCUT2D eigenvalue weighted by Gasteiger charge is -2.06. The lowest BCUT2D eigenvalue weighted by atomic mass is 10.2. The summed E-state index contributed by atoms with van der Waals surface area (Å²) in [6.45, 7) is 0.231. The standard InChI is InChI=1S/C15H13FNO3/c16-13-6-8-14(9-7-13)20-15(18)11-19-17-10-12-4-2-1-3-5-12/h2-9,17H,10-11H2. The highest BCUT2D eigenvalue weighted by Crippen LogP contribution is 2.11. The maximum absolute atomic E-state index is 12.7. The Morgan fingerprint density at radius 2 is 1.85 bits per heavy atom. The van der Waals surface area contributed by atoms with Gasteiger partial charge in [-0.2, -0.15) is 5.48 Å². The summed E-state index contributed by atoms with van der Waals surface area (Å²) in [7, 11) is 0. The monoisotopic (exact) mass is 274 g/mol. The van der Waals surface area contributed by atoms with Crippen LogP contribution in [0.3, 0.4) is 0 Å². The predicted molar refractivity (Wildman–Crippen MR) is 70.1 cm³/mol. The molecule has 0 saturated heterocycles. The molecule has 20 heavy (non-hydrogen) atoms. The van der Waals surface area contributed by atoms with Gasteiger partial charge in [0, 0.05) is 6.54 Å². The largest absolute Gasteiger partial charge is 0.425 e. The summed E-state index contributed by atoms with van der Waals surface area (Å²) in [6.07, 6.45) is 0. The second-order valence-corrected chi connectivity index (χ2v) is 3.95. The summed E-state index contributed by atoms with van der Waals surface area (Å²) >= 11 is 0. The maximum Gasteiger partial charge on any atom is 0.339 e. The van der Waals surface area contributed by atoms with Crippen LogP contribution in [0.4, 0.5) is 4.39 Å². The molecule has 1 N–H and O–H groups in total. The minimum absolute atomic E-state index is 0.240. The fourth-order valence-corrected chi connectivity index (χ4v) is 1.45. The topological polar surface area (TPSA) is 47.6 Å². The lowest BCUT2D eigenvalue weighted by molar-refractivity contribution is -0.142. The molecule has 5 heteroatoms. The van der Waals surface area contributed by atoms with Crippen LogP contribution in [0, 0.1) is 11.9 Å². The van der Waals surface area contributed by atoms with Crippen LogP contribution in [0.25, 0.3) is 0 Å². The molecule has 0 aliphatic carbocycles. The van der Waals surface area contributed by atoms with Crippen LogP contribution in [0.5, 0.6) is 5.75 Å². The summed E-state index contributed by atoms with van der Waals surface area (Å²) in [5, 5.41) is 0. The molecule has 0 bridgehead atoms. The Kier molecular flexibility index (Phi) is 5.23. The number of halogens is 1. The number of hydroxylamine groups is 1. The number of benzene rings is 2. The molecule has 0 atom stereocenters. The van der Waals surface area contributed by atoms with Gasteiger partial charge in [-0.3, -0.25) is 4.84 Å². The van der Waals surface area contributed by atoms with E-state index in [0.717, 1.165) is 5.56 Å². The lowest BCUT2D eigenvalue weighted by Crippen LogP contribution is -2.22. The fourth-order valence-electron chi connectivity index (χ4n) is 1.45. The minimum Gasteiger partial charge on any atom is -0.425 e. The van der Waals surface area contributed by atoms with Crippen molar-refractivity contribution in [2.75, 3.05) is 6.61 Å². The van der Waals surface area contributed by atoms with Crippen LogP contribution < -0.4 is 10.2 Å². The van der Waals surface area contributed by atoms with E-state index >= 15 is 0 Å². The van der Waals surface area contributed by atoms with Crippen LogP contribution in [0.1, 0.15) is 5.56 Å². The van der Waals surface area contributed by atoms with Crippen molar-refractivity contribution in [1.82, 2.24) is 5.48 Å². The Balaban J connectivity index is 1.66. The van der Waals surface area contributed by atoms with Crippen LogP contribution in [-0.2, 0) is 16.2 Å². The van der Waals surface area contributed by atoms with Gasteiger partial charge >= 0.3 is 5.97 Å². The van der Waals surface area contributed by atoms with Crippen molar-refractivity contribution in [1.29, 1.82) is 0 Å². The number of carbonyl (C=O) groups excluding carboxylic acids is 1. The second kappa shape index (κ2) is 7.37. The Bertz CT molecular complexity index is 543. The normalized spacial score (nSPS) is 10.2. The van der Waals surface area contributed by atoms with Crippen molar-refractivity contribution in [2.24, 2.45) is 0 Å². The number of esters is 1. The highest BCUT2D eigenvalue weighted by molar-refractivity contribution is 5.73. The van der Waals surface area contributed by atoms with Gasteiger partial charge in [0.1, 0.15) is 11.6 Å². The fraction of sp³-hybridized carbons (Fsp3) is 0.133. The zero-order valence-corrected chi connectivity index (χ0v) is 10.6. The maximum atomic E-state index is 12.7. The molecule has 4 nitrogen and oxygen atoms in total. The van der Waals surface area contributed by atoms with Crippen molar-refractivity contribution in [2.45, 2.75) is 6.54 Å². The Morgan fingerprint density at radius 1 is 1.15 bits per heavy atom. The third-order valence-corrected chi connectivity index (χ3v) is 2.40. The molecule has 2 aromatic carbocycles. The van der Waals surface area contributed by atoms with E-state index in [1.807, 2.05) is 12.1 Å². The molecule has 0 aliphatic rings. The summed E-state index contributed by atoms with van der Waals surface area (Å²) in [4.78, 5) is 16.4. The van der Waals surface area contributed by atoms with E-state index < -0.39 is 5.97 Å². The Morgan fingerprint density at radius 3 is 2.55 bits per heavy atom. The van der Waals surface area contributed by atoms with Gasteiger partial charge in [0.15, 0.2) is 6.61 Å². The van der Waals surface area contributed by atoms with Gasteiger partial charge in [-0.05, 0) is 35.9 Å². The van der Waals surface area contributed by atoms with Gasteiger partial charge in [-0.25, -0.2) is 9.18 Å². The van der Waals surface area contributed by atoms with E-state index in [1.54, 1.807) is 12.1 Å². The smallest absolute Gasteiger partial charge is 0.339 e. The Labute approximate surface area is 116 Å². The number of hydrogen-bond donors (Lipinski definition) is 1. The molecule has 0 heterocycles. The number of ether oxygens (including phenoxy) is 1. The van der Waals surface area contributed by atoms with E-state index in [-0.39, 0.29) is 18.2 Å². The average Bonchev–Trinajstić information content (AvgIpc) is 2.47. The summed E-state index contributed by atoms with van der Waals surface area (Å²) < 4.78 is 17.6. The average molecular weight is 274 g/mol. The third kappa shape index (κ3) is 4.79. The Hall–Kier alpha value is -2.24. The van der Waals surface area contributed by atoms with Crippen molar-refractivity contribution >= 4 is 5.97 Å². The van der Waals surface area contributed by atoms with Gasteiger partial charge in [-0.15, -0.1) is 0 Å². The van der Waals surface area contributed by atoms with Crippen LogP contribution in [-0.4, -0.2) is 12.6 Å². The third-order valence-electron chi connectivity index (χ3n) is 2.40. The van der Waals surface area contributed by atoms with Crippen LogP contribution in [0.15, 0.2) is 48.5 Å². The van der Waals surface area contributed by atoms with E-state index in [9.17, 15) is 9.18 Å². The molecule has 0 aromatic heterocycles. The molecule has 2 aromatic rings. The molecule has 0 spiro atoms. The summed E-state index contributed by atoms with van der Waals surface area (Å²) in [5.74, 6) is -0.674. The molecule has 1 radical (unpaired) electrons. The molecule has 0 saturated carbocycles. The molecular formula is C15H13FNO3. The highest BCUT2D eigenvalue weighted by atomic mass is 19.1. The molecule has 103 valence electrons. The van der Waals surface area contributed by atoms with Gasteiger partial charge in [0.05, 0.1) is 0 Å². The van der Waals surface area contributed by atoms with E-state index in [2.05, 4.69) is 11.5 Å². The zero-order valence-electron chi connectivity index (χ0n) is 10.6. The van der Waals surface area contributed by atoms with E-state index in [4.69, 9.17) is 9.57 Å². The minimum atomic E-state index is -0.564. The van der Waals surface area contributed by atoms with E-state index in [0.29, 0.717) is 6.54 Å². The first-order valence-electron chi connectivity index (χ1n) is 6.00. The van der Waals surface area contributed by atoms with E-state index in [1.165, 1.54) is 24.3 Å². The number of hydrogen-bond acceptors (Lipinski definition) is 4. The number of rotatable bonds is 6. The van der Waals surface area contributed by atoms with Gasteiger partial charge < -0.3 is 4.74 Å². The number of nitrogens with one attached hydrogen (secondary N) is 1. The zero-order chi connectivity index (χ0) is 14.2. The van der Waals surface area contributed by atoms with Crippen molar-refractivity contribution in [3.63, 3.8) is 0 Å². The first-order chi connectivity index (χ1) is 9.74. The molecule has 2 rings (SSSR count). The second-order valence-electron chi connectivity index (χ2n) is 3.95. The van der Waals surface area contributed by atoms with Gasteiger partial charge in [-0.1, -0.05) is 24.3 Å². The van der Waals surface area contributed by atoms with Crippen LogP contribution >= 0.6 is 0 Å². The molecule has 0 amide bonds. The summed E-state index contributed by atoms with van der Waals surface area (Å²) in [6, 6.07) is 15.4. The molecule has 0 fully saturated rings. The quantitative estimate of drug-likeness (QED) is 0.380. The molecule has 0 aliphatic heterocycles. The van der Waals surface area contributed by atoms with Crippen molar-refractivity contribution in [3.8, 4) is 5.75 Å². The van der Waals surface area contributed by atoms with Gasteiger partial charge in [0.2, 0.25) is 0 Å².